The first kappa shape index (κ1) is 37.5. The zero-order valence-corrected chi connectivity index (χ0v) is 32.3. The molecule has 56 heavy (non-hydrogen) atoms. The predicted molar refractivity (Wildman–Crippen MR) is 216 cm³/mol. The number of piperazine rings is 1. The molecular formula is C44H46N4O7S. The Balaban J connectivity index is 0.754. The second kappa shape index (κ2) is 16.7. The summed E-state index contributed by atoms with van der Waals surface area (Å²) in [5.41, 5.74) is 3.81. The van der Waals surface area contributed by atoms with Gasteiger partial charge >= 0.3 is 0 Å². The first-order chi connectivity index (χ1) is 27.3. The SMILES string of the molecule is COc1ccc2c(Oc3ccc(OCCN4CCN(CCCCc5ccc6c(c5)CN(C5CCC(=O)NC5=O)C6=O)CC4)cc3)c(-c3ccc(O)cc3)sc2c1. The van der Waals surface area contributed by atoms with Crippen LogP contribution in [0.4, 0.5) is 0 Å². The number of ether oxygens (including phenoxy) is 3. The number of imide groups is 1. The van der Waals surface area contributed by atoms with Gasteiger partial charge in [-0.1, -0.05) is 12.1 Å². The van der Waals surface area contributed by atoms with E-state index in [0.29, 0.717) is 30.9 Å². The summed E-state index contributed by atoms with van der Waals surface area (Å²) < 4.78 is 19.1. The average Bonchev–Trinajstić information content (AvgIpc) is 3.73. The Bertz CT molecular complexity index is 2210. The number of benzene rings is 4. The molecule has 1 unspecified atom stereocenters. The van der Waals surface area contributed by atoms with Crippen molar-refractivity contribution < 1.29 is 33.7 Å². The Kier molecular flexibility index (Phi) is 11.2. The number of aromatic hydroxyl groups is 1. The predicted octanol–water partition coefficient (Wildman–Crippen LogP) is 6.86. The van der Waals surface area contributed by atoms with Crippen LogP contribution in [0.25, 0.3) is 20.5 Å². The van der Waals surface area contributed by atoms with E-state index in [-0.39, 0.29) is 29.9 Å². The summed E-state index contributed by atoms with van der Waals surface area (Å²) in [4.78, 5) is 44.5. The number of hydrogen-bond acceptors (Lipinski definition) is 10. The van der Waals surface area contributed by atoms with E-state index in [2.05, 4.69) is 21.2 Å². The quantitative estimate of drug-likeness (QED) is 0.0922. The highest BCUT2D eigenvalue weighted by Gasteiger charge is 2.39. The minimum atomic E-state index is -0.582. The maximum Gasteiger partial charge on any atom is 0.255 e. The van der Waals surface area contributed by atoms with Crippen LogP contribution >= 0.6 is 11.3 Å². The number of carbonyl (C=O) groups is 3. The third-order valence-corrected chi connectivity index (χ3v) is 12.1. The average molecular weight is 775 g/mol. The zero-order chi connectivity index (χ0) is 38.6. The van der Waals surface area contributed by atoms with Crippen LogP contribution in [0.15, 0.2) is 84.9 Å². The van der Waals surface area contributed by atoms with Gasteiger partial charge in [-0.15, -0.1) is 11.3 Å². The fraction of sp³-hybridized carbons (Fsp3) is 0.341. The van der Waals surface area contributed by atoms with Crippen molar-refractivity contribution in [2.45, 2.75) is 44.7 Å². The molecule has 8 rings (SSSR count). The number of carbonyl (C=O) groups excluding carboxylic acids is 3. The van der Waals surface area contributed by atoms with E-state index in [1.54, 1.807) is 35.5 Å². The van der Waals surface area contributed by atoms with Gasteiger partial charge in [0.15, 0.2) is 5.75 Å². The number of amides is 3. The third-order valence-electron chi connectivity index (χ3n) is 10.9. The fourth-order valence-corrected chi connectivity index (χ4v) is 8.95. The van der Waals surface area contributed by atoms with Crippen molar-refractivity contribution >= 4 is 39.1 Å². The molecule has 0 radical (unpaired) electrons. The number of rotatable bonds is 14. The van der Waals surface area contributed by atoms with Crippen molar-refractivity contribution in [3.8, 4) is 39.2 Å². The molecule has 4 heterocycles. The zero-order valence-electron chi connectivity index (χ0n) is 31.5. The Hall–Kier alpha value is -5.43. The number of unbranched alkanes of at least 4 members (excludes halogenated alkanes) is 1. The van der Waals surface area contributed by atoms with Crippen LogP contribution in [0.5, 0.6) is 28.7 Å². The van der Waals surface area contributed by atoms with Gasteiger partial charge in [-0.05, 0) is 122 Å². The lowest BCUT2D eigenvalue weighted by molar-refractivity contribution is -0.136. The van der Waals surface area contributed by atoms with Crippen molar-refractivity contribution in [1.29, 1.82) is 0 Å². The Labute approximate surface area is 330 Å². The lowest BCUT2D eigenvalue weighted by Crippen LogP contribution is -2.52. The van der Waals surface area contributed by atoms with Crippen LogP contribution in [0, 0.1) is 0 Å². The van der Waals surface area contributed by atoms with Gasteiger partial charge in [0.25, 0.3) is 5.91 Å². The number of piperidine rings is 1. The van der Waals surface area contributed by atoms with Crippen LogP contribution in [-0.2, 0) is 22.6 Å². The van der Waals surface area contributed by atoms with Gasteiger partial charge in [-0.25, -0.2) is 0 Å². The molecule has 2 N–H and O–H groups in total. The number of aryl methyl sites for hydroxylation is 1. The lowest BCUT2D eigenvalue weighted by Gasteiger charge is -2.34. The first-order valence-electron chi connectivity index (χ1n) is 19.3. The molecule has 0 aliphatic carbocycles. The second-order valence-electron chi connectivity index (χ2n) is 14.6. The summed E-state index contributed by atoms with van der Waals surface area (Å²) in [5.74, 6) is 2.52. The molecule has 11 nitrogen and oxygen atoms in total. The number of nitrogens with zero attached hydrogens (tertiary/aromatic N) is 3. The van der Waals surface area contributed by atoms with E-state index in [4.69, 9.17) is 14.2 Å². The molecular weight excluding hydrogens is 729 g/mol. The van der Waals surface area contributed by atoms with Crippen molar-refractivity contribution in [1.82, 2.24) is 20.0 Å². The van der Waals surface area contributed by atoms with Crippen molar-refractivity contribution in [2.75, 3.05) is 53.0 Å². The molecule has 3 aliphatic heterocycles. The fourth-order valence-electron chi connectivity index (χ4n) is 7.78. The van der Waals surface area contributed by atoms with Crippen molar-refractivity contribution in [3.05, 3.63) is 102 Å². The van der Waals surface area contributed by atoms with Crippen LogP contribution in [0.3, 0.4) is 0 Å². The lowest BCUT2D eigenvalue weighted by atomic mass is 10.0. The molecule has 2 saturated heterocycles. The summed E-state index contributed by atoms with van der Waals surface area (Å²) in [5, 5.41) is 13.2. The maximum absolute atomic E-state index is 13.0. The van der Waals surface area contributed by atoms with Crippen LogP contribution in [0.1, 0.15) is 47.2 Å². The number of nitrogens with one attached hydrogen (secondary N) is 1. The van der Waals surface area contributed by atoms with Gasteiger partial charge in [0.2, 0.25) is 11.8 Å². The summed E-state index contributed by atoms with van der Waals surface area (Å²) >= 11 is 1.63. The molecule has 0 spiro atoms. The molecule has 2 fully saturated rings. The highest BCUT2D eigenvalue weighted by atomic mass is 32.1. The molecule has 1 atom stereocenters. The smallest absolute Gasteiger partial charge is 0.255 e. The summed E-state index contributed by atoms with van der Waals surface area (Å²) in [6, 6.07) is 26.4. The third kappa shape index (κ3) is 8.37. The Morgan fingerprint density at radius 3 is 2.30 bits per heavy atom. The molecule has 3 amide bonds. The normalized spacial score (nSPS) is 17.6. The molecule has 4 aromatic carbocycles. The summed E-state index contributed by atoms with van der Waals surface area (Å²) in [7, 11) is 1.66. The van der Waals surface area contributed by atoms with Gasteiger partial charge in [0.1, 0.15) is 35.6 Å². The molecule has 5 aromatic rings. The maximum atomic E-state index is 13.0. The molecule has 3 aliphatic rings. The van der Waals surface area contributed by atoms with E-state index in [1.165, 1.54) is 5.56 Å². The van der Waals surface area contributed by atoms with E-state index in [1.807, 2.05) is 66.7 Å². The van der Waals surface area contributed by atoms with Crippen LogP contribution in [-0.4, -0.2) is 96.6 Å². The highest BCUT2D eigenvalue weighted by Crippen LogP contribution is 2.47. The van der Waals surface area contributed by atoms with Crippen LogP contribution < -0.4 is 19.5 Å². The Morgan fingerprint density at radius 2 is 1.55 bits per heavy atom. The first-order valence-corrected chi connectivity index (χ1v) is 20.1. The Morgan fingerprint density at radius 1 is 0.821 bits per heavy atom. The molecule has 290 valence electrons. The van der Waals surface area contributed by atoms with Crippen LogP contribution in [0.2, 0.25) is 0 Å². The van der Waals surface area contributed by atoms with Gasteiger partial charge in [-0.2, -0.15) is 0 Å². The number of hydrogen-bond donors (Lipinski definition) is 2. The van der Waals surface area contributed by atoms with E-state index in [0.717, 1.165) is 102 Å². The monoisotopic (exact) mass is 774 g/mol. The molecule has 12 heteroatoms. The van der Waals surface area contributed by atoms with Gasteiger partial charge in [0, 0.05) is 61.3 Å². The highest BCUT2D eigenvalue weighted by molar-refractivity contribution is 7.22. The minimum Gasteiger partial charge on any atom is -0.508 e. The van der Waals surface area contributed by atoms with Crippen molar-refractivity contribution in [2.24, 2.45) is 0 Å². The van der Waals surface area contributed by atoms with Gasteiger partial charge in [-0.3, -0.25) is 24.6 Å². The van der Waals surface area contributed by atoms with Gasteiger partial charge in [0.05, 0.1) is 12.0 Å². The number of methoxy groups -OCH3 is 1. The summed E-state index contributed by atoms with van der Waals surface area (Å²) in [6.45, 7) is 7.08. The van der Waals surface area contributed by atoms with E-state index < -0.39 is 6.04 Å². The van der Waals surface area contributed by atoms with Gasteiger partial charge < -0.3 is 29.1 Å². The standard InChI is InChI=1S/C44H46N4O7S/c1-53-35-14-16-37-39(27-35)56-42(30-6-8-32(49)9-7-30)41(37)55-34-12-10-33(11-13-34)54-25-24-47-22-20-46(21-23-47)19-3-2-4-29-5-15-36-31(26-29)28-48(44(36)52)38-17-18-40(50)45-43(38)51/h5-16,26-27,38,49H,2-4,17-25,28H2,1H3,(H,45,50,51). The second-order valence-corrected chi connectivity index (χ2v) is 15.7. The number of phenolic OH excluding ortho intramolecular Hbond substituents is 1. The minimum absolute atomic E-state index is 0.125. The number of thiophene rings is 1. The molecule has 0 bridgehead atoms. The van der Waals surface area contributed by atoms with Crippen molar-refractivity contribution in [3.63, 3.8) is 0 Å². The number of phenols is 1. The topological polar surface area (TPSA) is 121 Å². The molecule has 0 saturated carbocycles. The van der Waals surface area contributed by atoms with E-state index >= 15 is 0 Å². The number of fused-ring (bicyclic) bond motifs is 2. The van der Waals surface area contributed by atoms with E-state index in [9.17, 15) is 19.5 Å². The molecule has 1 aromatic heterocycles. The summed E-state index contributed by atoms with van der Waals surface area (Å²) in [6.07, 6.45) is 3.77. The largest absolute Gasteiger partial charge is 0.508 e.